The average molecular weight is 252 g/mol. The molecule has 1 aromatic rings. The van der Waals surface area contributed by atoms with Crippen LogP contribution in [0.25, 0.3) is 0 Å². The average Bonchev–Trinajstić information content (AvgIpc) is 2.40. The summed E-state index contributed by atoms with van der Waals surface area (Å²) in [6.45, 7) is 8.25. The van der Waals surface area contributed by atoms with E-state index in [-0.39, 0.29) is 6.23 Å². The fraction of sp³-hybridized carbons (Fsp3) is 0.571. The Morgan fingerprint density at radius 2 is 1.89 bits per heavy atom. The highest BCUT2D eigenvalue weighted by Crippen LogP contribution is 2.31. The van der Waals surface area contributed by atoms with E-state index in [2.05, 4.69) is 31.0 Å². The van der Waals surface area contributed by atoms with Crippen LogP contribution in [0, 0.1) is 0 Å². The summed E-state index contributed by atoms with van der Waals surface area (Å²) in [6.07, 6.45) is 0.0364. The molecule has 0 spiro atoms. The summed E-state index contributed by atoms with van der Waals surface area (Å²) in [5.41, 5.74) is 1.01. The van der Waals surface area contributed by atoms with E-state index < -0.39 is 0 Å². The van der Waals surface area contributed by atoms with Crippen LogP contribution in [0.4, 0.5) is 5.69 Å². The van der Waals surface area contributed by atoms with Gasteiger partial charge in [0.1, 0.15) is 6.23 Å². The second kappa shape index (κ2) is 7.11. The third-order valence-corrected chi connectivity index (χ3v) is 3.08. The Morgan fingerprint density at radius 1 is 1.22 bits per heavy atom. The van der Waals surface area contributed by atoms with Gasteiger partial charge in [0.2, 0.25) is 0 Å². The minimum Gasteiger partial charge on any atom is -0.493 e. The largest absolute Gasteiger partial charge is 0.493 e. The van der Waals surface area contributed by atoms with Crippen LogP contribution in [0.3, 0.4) is 0 Å². The number of benzene rings is 1. The van der Waals surface area contributed by atoms with Crippen molar-refractivity contribution in [2.75, 3.05) is 32.6 Å². The van der Waals surface area contributed by atoms with Gasteiger partial charge in [0, 0.05) is 18.8 Å². The first-order valence-corrected chi connectivity index (χ1v) is 6.42. The van der Waals surface area contributed by atoms with Gasteiger partial charge in [-0.3, -0.25) is 4.90 Å². The summed E-state index contributed by atoms with van der Waals surface area (Å²) in [6, 6.07) is 5.85. The van der Waals surface area contributed by atoms with Crippen molar-refractivity contribution >= 4 is 5.69 Å². The van der Waals surface area contributed by atoms with Crippen molar-refractivity contribution in [3.05, 3.63) is 18.2 Å². The van der Waals surface area contributed by atoms with Crippen molar-refractivity contribution < 1.29 is 9.47 Å². The van der Waals surface area contributed by atoms with Gasteiger partial charge < -0.3 is 14.8 Å². The van der Waals surface area contributed by atoms with Crippen molar-refractivity contribution in [1.29, 1.82) is 0 Å². The predicted molar refractivity (Wildman–Crippen MR) is 75.6 cm³/mol. The molecular formula is C14H24N2O2. The molecule has 0 aliphatic heterocycles. The normalized spacial score (nSPS) is 12.3. The highest BCUT2D eigenvalue weighted by atomic mass is 16.5. The van der Waals surface area contributed by atoms with E-state index in [1.54, 1.807) is 7.11 Å². The molecule has 4 heteroatoms. The monoisotopic (exact) mass is 252 g/mol. The second-order valence-electron chi connectivity index (χ2n) is 4.05. The maximum absolute atomic E-state index is 5.95. The second-order valence-corrected chi connectivity index (χ2v) is 4.05. The molecule has 1 rings (SSSR count). The summed E-state index contributed by atoms with van der Waals surface area (Å²) < 4.78 is 11.3. The Kier molecular flexibility index (Phi) is 5.78. The lowest BCUT2D eigenvalue weighted by molar-refractivity contribution is 0.0459. The standard InChI is InChI=1S/C14H24N2O2/c1-6-16(7-2)11(3)18-13-9-8-12(15-4)10-14(13)17-5/h8-11,15H,6-7H2,1-5H3. The third-order valence-electron chi connectivity index (χ3n) is 3.08. The van der Waals surface area contributed by atoms with Gasteiger partial charge in [0.15, 0.2) is 11.5 Å². The van der Waals surface area contributed by atoms with E-state index in [1.165, 1.54) is 0 Å². The summed E-state index contributed by atoms with van der Waals surface area (Å²) in [5.74, 6) is 1.52. The molecule has 1 aromatic carbocycles. The van der Waals surface area contributed by atoms with Gasteiger partial charge in [0.05, 0.1) is 7.11 Å². The molecule has 0 fully saturated rings. The number of hydrogen-bond donors (Lipinski definition) is 1. The lowest BCUT2D eigenvalue weighted by atomic mass is 10.2. The van der Waals surface area contributed by atoms with Gasteiger partial charge in [-0.1, -0.05) is 13.8 Å². The Bertz CT molecular complexity index is 365. The molecule has 1 N–H and O–H groups in total. The van der Waals surface area contributed by atoms with E-state index in [4.69, 9.17) is 9.47 Å². The molecule has 0 aromatic heterocycles. The fourth-order valence-electron chi connectivity index (χ4n) is 1.92. The van der Waals surface area contributed by atoms with Gasteiger partial charge >= 0.3 is 0 Å². The first kappa shape index (κ1) is 14.6. The van der Waals surface area contributed by atoms with Gasteiger partial charge in [0.25, 0.3) is 0 Å². The zero-order chi connectivity index (χ0) is 13.5. The molecule has 18 heavy (non-hydrogen) atoms. The van der Waals surface area contributed by atoms with Gasteiger partial charge in [-0.25, -0.2) is 0 Å². The SMILES string of the molecule is CCN(CC)C(C)Oc1ccc(NC)cc1OC. The van der Waals surface area contributed by atoms with Crippen LogP contribution in [0.5, 0.6) is 11.5 Å². The smallest absolute Gasteiger partial charge is 0.163 e. The zero-order valence-corrected chi connectivity index (χ0v) is 12.0. The Hall–Kier alpha value is -1.42. The minimum atomic E-state index is 0.0364. The molecular weight excluding hydrogens is 228 g/mol. The Labute approximate surface area is 110 Å². The van der Waals surface area contributed by atoms with Crippen LogP contribution in [-0.4, -0.2) is 38.4 Å². The van der Waals surface area contributed by atoms with Crippen LogP contribution >= 0.6 is 0 Å². The van der Waals surface area contributed by atoms with Gasteiger partial charge in [-0.15, -0.1) is 0 Å². The molecule has 0 saturated heterocycles. The number of methoxy groups -OCH3 is 1. The first-order chi connectivity index (χ1) is 8.65. The minimum absolute atomic E-state index is 0.0364. The molecule has 0 bridgehead atoms. The van der Waals surface area contributed by atoms with Crippen molar-refractivity contribution in [3.8, 4) is 11.5 Å². The summed E-state index contributed by atoms with van der Waals surface area (Å²) in [7, 11) is 3.54. The maximum Gasteiger partial charge on any atom is 0.163 e. The Balaban J connectivity index is 2.83. The van der Waals surface area contributed by atoms with Crippen molar-refractivity contribution in [3.63, 3.8) is 0 Å². The number of nitrogens with zero attached hydrogens (tertiary/aromatic N) is 1. The zero-order valence-electron chi connectivity index (χ0n) is 12.0. The highest BCUT2D eigenvalue weighted by molar-refractivity contribution is 5.54. The van der Waals surface area contributed by atoms with Gasteiger partial charge in [-0.2, -0.15) is 0 Å². The van der Waals surface area contributed by atoms with Crippen LogP contribution in [0.15, 0.2) is 18.2 Å². The number of hydrogen-bond acceptors (Lipinski definition) is 4. The molecule has 0 heterocycles. The van der Waals surface area contributed by atoms with Gasteiger partial charge in [-0.05, 0) is 32.1 Å². The first-order valence-electron chi connectivity index (χ1n) is 6.42. The molecule has 0 aliphatic rings. The van der Waals surface area contributed by atoms with Crippen molar-refractivity contribution in [2.24, 2.45) is 0 Å². The molecule has 0 amide bonds. The predicted octanol–water partition coefficient (Wildman–Crippen LogP) is 2.80. The lowest BCUT2D eigenvalue weighted by Crippen LogP contribution is -2.36. The summed E-state index contributed by atoms with van der Waals surface area (Å²) >= 11 is 0. The molecule has 4 nitrogen and oxygen atoms in total. The van der Waals surface area contributed by atoms with E-state index in [0.29, 0.717) is 0 Å². The molecule has 1 unspecified atom stereocenters. The van der Waals surface area contributed by atoms with Crippen LogP contribution < -0.4 is 14.8 Å². The van der Waals surface area contributed by atoms with Crippen LogP contribution in [0.1, 0.15) is 20.8 Å². The quantitative estimate of drug-likeness (QED) is 0.757. The number of ether oxygens (including phenoxy) is 2. The van der Waals surface area contributed by atoms with Crippen LogP contribution in [-0.2, 0) is 0 Å². The van der Waals surface area contributed by atoms with E-state index in [1.807, 2.05) is 25.2 Å². The number of nitrogens with one attached hydrogen (secondary N) is 1. The number of anilines is 1. The lowest BCUT2D eigenvalue weighted by Gasteiger charge is -2.27. The summed E-state index contributed by atoms with van der Waals surface area (Å²) in [4.78, 5) is 2.24. The van der Waals surface area contributed by atoms with E-state index >= 15 is 0 Å². The van der Waals surface area contributed by atoms with E-state index in [0.717, 1.165) is 30.3 Å². The topological polar surface area (TPSA) is 33.7 Å². The number of rotatable bonds is 7. The molecule has 102 valence electrons. The maximum atomic E-state index is 5.95. The van der Waals surface area contributed by atoms with Crippen LogP contribution in [0.2, 0.25) is 0 Å². The molecule has 1 atom stereocenters. The third kappa shape index (κ3) is 3.53. The van der Waals surface area contributed by atoms with Crippen molar-refractivity contribution in [2.45, 2.75) is 27.0 Å². The summed E-state index contributed by atoms with van der Waals surface area (Å²) in [5, 5.41) is 3.08. The van der Waals surface area contributed by atoms with Crippen molar-refractivity contribution in [1.82, 2.24) is 4.90 Å². The molecule has 0 radical (unpaired) electrons. The Morgan fingerprint density at radius 3 is 2.39 bits per heavy atom. The molecule has 0 saturated carbocycles. The fourth-order valence-corrected chi connectivity index (χ4v) is 1.92. The highest BCUT2D eigenvalue weighted by Gasteiger charge is 2.14. The van der Waals surface area contributed by atoms with E-state index in [9.17, 15) is 0 Å². The molecule has 0 aliphatic carbocycles.